The second kappa shape index (κ2) is 6.71. The van der Waals surface area contributed by atoms with Crippen molar-refractivity contribution in [1.82, 2.24) is 0 Å². The minimum absolute atomic E-state index is 0.0634. The third-order valence-electron chi connectivity index (χ3n) is 4.78. The van der Waals surface area contributed by atoms with Crippen LogP contribution in [0.3, 0.4) is 0 Å². The normalized spacial score (nSPS) is 21.0. The van der Waals surface area contributed by atoms with Gasteiger partial charge in [0.25, 0.3) is 0 Å². The Kier molecular flexibility index (Phi) is 4.93. The Bertz CT molecular complexity index is 759. The highest BCUT2D eigenvalue weighted by Gasteiger charge is 2.59. The topological polar surface area (TPSA) is 29.3 Å². The minimum Gasteiger partial charge on any atom is -0.370 e. The number of rotatable bonds is 3. The Morgan fingerprint density at radius 1 is 1.08 bits per heavy atom. The van der Waals surface area contributed by atoms with Gasteiger partial charge in [0.15, 0.2) is 0 Å². The maximum absolute atomic E-state index is 14.1. The molecule has 7 heteroatoms. The van der Waals surface area contributed by atoms with Gasteiger partial charge in [0.05, 0.1) is 0 Å². The fourth-order valence-corrected chi connectivity index (χ4v) is 3.99. The molecule has 2 N–H and O–H groups in total. The molecule has 1 atom stereocenters. The van der Waals surface area contributed by atoms with Gasteiger partial charge in [-0.1, -0.05) is 41.4 Å². The molecule has 1 aliphatic rings. The summed E-state index contributed by atoms with van der Waals surface area (Å²) in [6.07, 6.45) is -4.49. The lowest BCUT2D eigenvalue weighted by molar-refractivity contribution is -0.184. The zero-order valence-corrected chi connectivity index (χ0v) is 14.8. The Morgan fingerprint density at radius 2 is 1.72 bits per heavy atom. The summed E-state index contributed by atoms with van der Waals surface area (Å²) in [7, 11) is 0. The van der Waals surface area contributed by atoms with Crippen LogP contribution >= 0.6 is 23.2 Å². The molecule has 0 spiro atoms. The predicted octanol–water partition coefficient (Wildman–Crippen LogP) is 5.16. The number of benzene rings is 2. The van der Waals surface area contributed by atoms with Crippen molar-refractivity contribution in [3.05, 3.63) is 63.6 Å². The van der Waals surface area contributed by atoms with E-state index in [1.54, 1.807) is 17.0 Å². The summed E-state index contributed by atoms with van der Waals surface area (Å²) in [5, 5.41) is 0.402. The first-order chi connectivity index (χ1) is 11.8. The molecule has 1 unspecified atom stereocenters. The van der Waals surface area contributed by atoms with Crippen LogP contribution in [-0.4, -0.2) is 19.3 Å². The monoisotopic (exact) mass is 388 g/mol. The standard InChI is InChI=1S/C18H17Cl2F3N2/c19-14-7-13(8-15(20)9-14)17(18(21,22)23)5-6-25(11-17)16-4-2-1-3-12(16)10-24/h1-4,7-9H,5-6,10-11,24H2. The molecule has 2 aromatic rings. The van der Waals surface area contributed by atoms with Crippen LogP contribution in [0.4, 0.5) is 18.9 Å². The molecular formula is C18H17Cl2F3N2. The molecule has 0 bridgehead atoms. The van der Waals surface area contributed by atoms with Crippen LogP contribution in [0.5, 0.6) is 0 Å². The van der Waals surface area contributed by atoms with Gasteiger partial charge in [-0.05, 0) is 41.8 Å². The van der Waals surface area contributed by atoms with E-state index in [4.69, 9.17) is 28.9 Å². The van der Waals surface area contributed by atoms with Crippen LogP contribution in [0.25, 0.3) is 0 Å². The van der Waals surface area contributed by atoms with Crippen molar-refractivity contribution in [3.63, 3.8) is 0 Å². The third-order valence-corrected chi connectivity index (χ3v) is 5.22. The van der Waals surface area contributed by atoms with E-state index in [1.807, 2.05) is 12.1 Å². The van der Waals surface area contributed by atoms with Gasteiger partial charge in [-0.2, -0.15) is 13.2 Å². The number of alkyl halides is 3. The van der Waals surface area contributed by atoms with Gasteiger partial charge in [0.2, 0.25) is 0 Å². The van der Waals surface area contributed by atoms with Gasteiger partial charge >= 0.3 is 6.18 Å². The van der Waals surface area contributed by atoms with E-state index in [9.17, 15) is 13.2 Å². The predicted molar refractivity (Wildman–Crippen MR) is 95.4 cm³/mol. The summed E-state index contributed by atoms with van der Waals surface area (Å²) < 4.78 is 42.3. The van der Waals surface area contributed by atoms with Gasteiger partial charge in [-0.3, -0.25) is 0 Å². The second-order valence-corrected chi connectivity index (χ2v) is 7.12. The zero-order chi connectivity index (χ0) is 18.2. The highest BCUT2D eigenvalue weighted by Crippen LogP contribution is 2.49. The summed E-state index contributed by atoms with van der Waals surface area (Å²) >= 11 is 11.9. The summed E-state index contributed by atoms with van der Waals surface area (Å²) in [6, 6.07) is 11.4. The van der Waals surface area contributed by atoms with Crippen LogP contribution in [0.15, 0.2) is 42.5 Å². The molecule has 25 heavy (non-hydrogen) atoms. The lowest BCUT2D eigenvalue weighted by atomic mass is 9.79. The Labute approximate surface area is 154 Å². The van der Waals surface area contributed by atoms with E-state index in [0.29, 0.717) is 0 Å². The van der Waals surface area contributed by atoms with Crippen LogP contribution in [0, 0.1) is 0 Å². The van der Waals surface area contributed by atoms with Crippen LogP contribution in [0.2, 0.25) is 10.0 Å². The van der Waals surface area contributed by atoms with Gasteiger partial charge in [-0.25, -0.2) is 0 Å². The molecule has 0 aromatic heterocycles. The number of anilines is 1. The molecular weight excluding hydrogens is 372 g/mol. The van der Waals surface area contributed by atoms with E-state index in [-0.39, 0.29) is 41.7 Å². The van der Waals surface area contributed by atoms with Gasteiger partial charge in [0, 0.05) is 35.4 Å². The summed E-state index contributed by atoms with van der Waals surface area (Å²) in [4.78, 5) is 1.74. The molecule has 1 aliphatic heterocycles. The average Bonchev–Trinajstić information content (AvgIpc) is 3.00. The smallest absolute Gasteiger partial charge is 0.370 e. The summed E-state index contributed by atoms with van der Waals surface area (Å²) in [6.45, 7) is 0.361. The number of nitrogens with zero attached hydrogens (tertiary/aromatic N) is 1. The van der Waals surface area contributed by atoms with Gasteiger partial charge in [0.1, 0.15) is 5.41 Å². The largest absolute Gasteiger partial charge is 0.400 e. The van der Waals surface area contributed by atoms with Crippen molar-refractivity contribution in [1.29, 1.82) is 0 Å². The number of hydrogen-bond donors (Lipinski definition) is 1. The average molecular weight is 389 g/mol. The lowest BCUT2D eigenvalue weighted by Gasteiger charge is -2.33. The molecule has 134 valence electrons. The molecule has 1 saturated heterocycles. The first-order valence-corrected chi connectivity index (χ1v) is 8.59. The van der Waals surface area contributed by atoms with Crippen molar-refractivity contribution >= 4 is 28.9 Å². The highest BCUT2D eigenvalue weighted by molar-refractivity contribution is 6.34. The SMILES string of the molecule is NCc1ccccc1N1CCC(c2cc(Cl)cc(Cl)c2)(C(F)(F)F)C1. The van der Waals surface area contributed by atoms with E-state index < -0.39 is 11.6 Å². The summed E-state index contributed by atoms with van der Waals surface area (Å²) in [5.41, 5.74) is 5.39. The first kappa shape index (κ1) is 18.4. The van der Waals surface area contributed by atoms with Crippen LogP contribution in [0.1, 0.15) is 17.5 Å². The molecule has 0 aliphatic carbocycles. The maximum Gasteiger partial charge on any atom is 0.400 e. The number of para-hydroxylation sites is 1. The number of nitrogens with two attached hydrogens (primary N) is 1. The van der Waals surface area contributed by atoms with E-state index in [1.165, 1.54) is 18.2 Å². The minimum atomic E-state index is -4.42. The van der Waals surface area contributed by atoms with Crippen molar-refractivity contribution in [3.8, 4) is 0 Å². The molecule has 0 amide bonds. The Balaban J connectivity index is 2.05. The molecule has 2 nitrogen and oxygen atoms in total. The molecule has 1 fully saturated rings. The van der Waals surface area contributed by atoms with Crippen molar-refractivity contribution in [2.75, 3.05) is 18.0 Å². The fraction of sp³-hybridized carbons (Fsp3) is 0.333. The lowest BCUT2D eigenvalue weighted by Crippen LogP contribution is -2.45. The Hall–Kier alpha value is -1.43. The number of halogens is 5. The zero-order valence-electron chi connectivity index (χ0n) is 13.3. The number of hydrogen-bond acceptors (Lipinski definition) is 2. The van der Waals surface area contributed by atoms with Gasteiger partial charge < -0.3 is 10.6 Å². The quantitative estimate of drug-likeness (QED) is 0.786. The van der Waals surface area contributed by atoms with E-state index >= 15 is 0 Å². The maximum atomic E-state index is 14.1. The van der Waals surface area contributed by atoms with E-state index in [0.717, 1.165) is 11.3 Å². The van der Waals surface area contributed by atoms with Crippen molar-refractivity contribution in [2.45, 2.75) is 24.6 Å². The van der Waals surface area contributed by atoms with Crippen LogP contribution in [-0.2, 0) is 12.0 Å². The highest BCUT2D eigenvalue weighted by atomic mass is 35.5. The first-order valence-electron chi connectivity index (χ1n) is 7.83. The van der Waals surface area contributed by atoms with Crippen LogP contribution < -0.4 is 10.6 Å². The molecule has 2 aromatic carbocycles. The van der Waals surface area contributed by atoms with Crippen molar-refractivity contribution < 1.29 is 13.2 Å². The second-order valence-electron chi connectivity index (χ2n) is 6.24. The third kappa shape index (κ3) is 3.33. The Morgan fingerprint density at radius 3 is 2.32 bits per heavy atom. The van der Waals surface area contributed by atoms with E-state index in [2.05, 4.69) is 0 Å². The molecule has 3 rings (SSSR count). The van der Waals surface area contributed by atoms with Crippen molar-refractivity contribution in [2.24, 2.45) is 5.73 Å². The molecule has 0 radical (unpaired) electrons. The molecule has 1 heterocycles. The van der Waals surface area contributed by atoms with Gasteiger partial charge in [-0.15, -0.1) is 0 Å². The fourth-order valence-electron chi connectivity index (χ4n) is 3.47. The summed E-state index contributed by atoms with van der Waals surface area (Å²) in [5.74, 6) is 0. The molecule has 0 saturated carbocycles.